The van der Waals surface area contributed by atoms with Crippen molar-refractivity contribution in [2.24, 2.45) is 0 Å². The number of aryl methyl sites for hydroxylation is 2. The second-order valence-corrected chi connectivity index (χ2v) is 9.63. The smallest absolute Gasteiger partial charge is 0.293 e. The molecule has 3 amide bonds. The van der Waals surface area contributed by atoms with Crippen LogP contribution in [0.4, 0.5) is 14.9 Å². The van der Waals surface area contributed by atoms with Crippen LogP contribution in [0.25, 0.3) is 6.08 Å². The van der Waals surface area contributed by atoms with Gasteiger partial charge in [-0.25, -0.2) is 4.39 Å². The second kappa shape index (κ2) is 11.0. The van der Waals surface area contributed by atoms with Gasteiger partial charge < -0.3 is 10.1 Å². The van der Waals surface area contributed by atoms with E-state index in [0.717, 1.165) is 39.5 Å². The summed E-state index contributed by atoms with van der Waals surface area (Å²) in [5.41, 5.74) is 3.99. The lowest BCUT2D eigenvalue weighted by molar-refractivity contribution is -0.123. The molecule has 1 saturated heterocycles. The normalized spacial score (nSPS) is 14.4. The van der Waals surface area contributed by atoms with Gasteiger partial charge in [-0.3, -0.25) is 19.3 Å². The summed E-state index contributed by atoms with van der Waals surface area (Å²) >= 11 is 6.86. The van der Waals surface area contributed by atoms with E-state index in [2.05, 4.69) is 5.32 Å². The van der Waals surface area contributed by atoms with Crippen LogP contribution in [0.2, 0.25) is 5.02 Å². The van der Waals surface area contributed by atoms with Crippen molar-refractivity contribution in [1.29, 1.82) is 0 Å². The van der Waals surface area contributed by atoms with Crippen molar-refractivity contribution >= 4 is 52.2 Å². The van der Waals surface area contributed by atoms with Crippen molar-refractivity contribution in [2.45, 2.75) is 20.4 Å². The highest BCUT2D eigenvalue weighted by Gasteiger charge is 2.35. The predicted octanol–water partition coefficient (Wildman–Crippen LogP) is 6.35. The number of nitrogens with one attached hydrogen (secondary N) is 1. The van der Waals surface area contributed by atoms with Crippen molar-refractivity contribution in [3.63, 3.8) is 0 Å². The number of carbonyl (C=O) groups excluding carboxylic acids is 3. The number of imide groups is 1. The Labute approximate surface area is 217 Å². The molecule has 1 N–H and O–H groups in total. The van der Waals surface area contributed by atoms with Gasteiger partial charge in [0.2, 0.25) is 0 Å². The predicted molar refractivity (Wildman–Crippen MR) is 139 cm³/mol. The molecule has 1 aliphatic rings. The molecule has 6 nitrogen and oxygen atoms in total. The van der Waals surface area contributed by atoms with Crippen LogP contribution in [0, 0.1) is 19.7 Å². The van der Waals surface area contributed by atoms with Gasteiger partial charge in [-0.1, -0.05) is 47.5 Å². The molecule has 0 saturated carbocycles. The van der Waals surface area contributed by atoms with Gasteiger partial charge in [-0.15, -0.1) is 0 Å². The van der Waals surface area contributed by atoms with Gasteiger partial charge in [-0.05, 0) is 78.7 Å². The molecular formula is C27H22ClFN2O4S. The summed E-state index contributed by atoms with van der Waals surface area (Å²) in [6.07, 6.45) is 1.60. The Balaban J connectivity index is 1.35. The maximum Gasteiger partial charge on any atom is 0.293 e. The Kier molecular flexibility index (Phi) is 7.76. The van der Waals surface area contributed by atoms with E-state index in [9.17, 15) is 18.8 Å². The molecule has 0 bridgehead atoms. The van der Waals surface area contributed by atoms with Gasteiger partial charge in [0.1, 0.15) is 11.6 Å². The summed E-state index contributed by atoms with van der Waals surface area (Å²) in [5, 5.41) is 2.55. The third-order valence-electron chi connectivity index (χ3n) is 5.42. The number of halogens is 2. The molecule has 1 fully saturated rings. The Bertz CT molecular complexity index is 1370. The molecule has 1 heterocycles. The number of rotatable bonds is 7. The zero-order chi connectivity index (χ0) is 25.8. The fourth-order valence-electron chi connectivity index (χ4n) is 3.56. The second-order valence-electron chi connectivity index (χ2n) is 8.23. The number of hydrogen-bond acceptors (Lipinski definition) is 5. The Morgan fingerprint density at radius 1 is 1.08 bits per heavy atom. The van der Waals surface area contributed by atoms with Gasteiger partial charge in [-0.2, -0.15) is 0 Å². The Hall–Kier alpha value is -3.62. The average molecular weight is 525 g/mol. The number of benzene rings is 3. The number of ether oxygens (including phenoxy) is 1. The molecule has 36 heavy (non-hydrogen) atoms. The topological polar surface area (TPSA) is 75.7 Å². The first kappa shape index (κ1) is 25.5. The van der Waals surface area contributed by atoms with Crippen LogP contribution in [-0.2, 0) is 16.1 Å². The summed E-state index contributed by atoms with van der Waals surface area (Å²) in [5.74, 6) is -0.732. The fraction of sp³-hybridized carbons (Fsp3) is 0.148. The van der Waals surface area contributed by atoms with Crippen molar-refractivity contribution in [3.05, 3.63) is 98.7 Å². The van der Waals surface area contributed by atoms with Gasteiger partial charge >= 0.3 is 0 Å². The SMILES string of the molecule is Cc1ccc(NC(=O)COc2ccc(/C=C3\SC(=O)N(Cc4ccc(F)cc4Cl)C3=O)cc2)c(C)c1. The molecule has 0 unspecified atom stereocenters. The Morgan fingerprint density at radius 2 is 1.83 bits per heavy atom. The molecule has 3 aromatic rings. The average Bonchev–Trinajstić information content (AvgIpc) is 3.09. The van der Waals surface area contributed by atoms with E-state index < -0.39 is 17.0 Å². The third-order valence-corrected chi connectivity index (χ3v) is 6.68. The minimum atomic E-state index is -0.493. The zero-order valence-electron chi connectivity index (χ0n) is 19.5. The molecule has 3 aromatic carbocycles. The quantitative estimate of drug-likeness (QED) is 0.364. The highest BCUT2D eigenvalue weighted by Crippen LogP contribution is 2.34. The first-order chi connectivity index (χ1) is 17.2. The first-order valence-electron chi connectivity index (χ1n) is 11.0. The number of hydrogen-bond donors (Lipinski definition) is 1. The summed E-state index contributed by atoms with van der Waals surface area (Å²) in [7, 11) is 0. The van der Waals surface area contributed by atoms with Crippen LogP contribution < -0.4 is 10.1 Å². The van der Waals surface area contributed by atoms with Gasteiger partial charge in [0.15, 0.2) is 6.61 Å². The number of anilines is 1. The minimum absolute atomic E-state index is 0.0436. The van der Waals surface area contributed by atoms with E-state index in [4.69, 9.17) is 16.3 Å². The van der Waals surface area contributed by atoms with Crippen LogP contribution in [0.5, 0.6) is 5.75 Å². The van der Waals surface area contributed by atoms with Crippen LogP contribution in [0.3, 0.4) is 0 Å². The van der Waals surface area contributed by atoms with Gasteiger partial charge in [0.05, 0.1) is 11.4 Å². The van der Waals surface area contributed by atoms with E-state index in [1.165, 1.54) is 12.1 Å². The number of thioether (sulfide) groups is 1. The van der Waals surface area contributed by atoms with Crippen LogP contribution in [0.15, 0.2) is 65.6 Å². The third kappa shape index (κ3) is 6.13. The standard InChI is InChI=1S/C27H22ClFN2O4S/c1-16-3-10-23(17(2)11-16)30-25(32)15-35-21-8-4-18(5-9-21)12-24-26(33)31(27(34)36-24)14-19-6-7-20(29)13-22(19)28/h3-13H,14-15H2,1-2H3,(H,30,32)/b24-12-. The van der Waals surface area contributed by atoms with Crippen LogP contribution in [0.1, 0.15) is 22.3 Å². The summed E-state index contributed by atoms with van der Waals surface area (Å²) < 4.78 is 18.8. The molecule has 0 radical (unpaired) electrons. The monoisotopic (exact) mass is 524 g/mol. The van der Waals surface area contributed by atoms with Crippen LogP contribution in [-0.4, -0.2) is 28.6 Å². The maximum absolute atomic E-state index is 13.3. The zero-order valence-corrected chi connectivity index (χ0v) is 21.1. The first-order valence-corrected chi connectivity index (χ1v) is 12.2. The lowest BCUT2D eigenvalue weighted by Gasteiger charge is -2.13. The number of carbonyl (C=O) groups is 3. The van der Waals surface area contributed by atoms with Crippen LogP contribution >= 0.6 is 23.4 Å². The van der Waals surface area contributed by atoms with Gasteiger partial charge in [0.25, 0.3) is 17.1 Å². The van der Waals surface area contributed by atoms with Crippen molar-refractivity contribution < 1.29 is 23.5 Å². The highest BCUT2D eigenvalue weighted by molar-refractivity contribution is 8.18. The van der Waals surface area contributed by atoms with E-state index in [1.54, 1.807) is 30.3 Å². The van der Waals surface area contributed by atoms with Gasteiger partial charge in [0, 0.05) is 10.7 Å². The van der Waals surface area contributed by atoms with Crippen molar-refractivity contribution in [1.82, 2.24) is 4.90 Å². The molecule has 9 heteroatoms. The molecule has 0 atom stereocenters. The lowest BCUT2D eigenvalue weighted by Crippen LogP contribution is -2.27. The molecular weight excluding hydrogens is 503 g/mol. The van der Waals surface area contributed by atoms with Crippen molar-refractivity contribution in [2.75, 3.05) is 11.9 Å². The van der Waals surface area contributed by atoms with E-state index in [-0.39, 0.29) is 29.0 Å². The van der Waals surface area contributed by atoms with Crippen molar-refractivity contribution in [3.8, 4) is 5.75 Å². The minimum Gasteiger partial charge on any atom is -0.484 e. The number of amides is 3. The molecule has 0 aromatic heterocycles. The lowest BCUT2D eigenvalue weighted by atomic mass is 10.1. The fourth-order valence-corrected chi connectivity index (χ4v) is 4.62. The summed E-state index contributed by atoms with van der Waals surface area (Å²) in [6.45, 7) is 3.71. The molecule has 184 valence electrons. The van der Waals surface area contributed by atoms with E-state index >= 15 is 0 Å². The Morgan fingerprint density at radius 3 is 2.53 bits per heavy atom. The summed E-state index contributed by atoms with van der Waals surface area (Å²) in [6, 6.07) is 16.4. The largest absolute Gasteiger partial charge is 0.484 e. The molecule has 0 aliphatic carbocycles. The van der Waals surface area contributed by atoms with E-state index in [0.29, 0.717) is 16.9 Å². The van der Waals surface area contributed by atoms with E-state index in [1.807, 2.05) is 32.0 Å². The summed E-state index contributed by atoms with van der Waals surface area (Å²) in [4.78, 5) is 38.7. The maximum atomic E-state index is 13.3. The molecule has 1 aliphatic heterocycles. The highest BCUT2D eigenvalue weighted by atomic mass is 35.5. The molecule has 0 spiro atoms. The molecule has 4 rings (SSSR count). The number of nitrogens with zero attached hydrogens (tertiary/aromatic N) is 1.